The van der Waals surface area contributed by atoms with Gasteiger partial charge in [0.2, 0.25) is 11.8 Å². The minimum absolute atomic E-state index is 0.0511. The van der Waals surface area contributed by atoms with Crippen molar-refractivity contribution in [1.29, 1.82) is 0 Å². The van der Waals surface area contributed by atoms with Crippen molar-refractivity contribution in [2.45, 2.75) is 25.7 Å². The number of carbonyl (C=O) groups excluding carboxylic acids is 3. The summed E-state index contributed by atoms with van der Waals surface area (Å²) < 4.78 is 4.72. The molecule has 2 aliphatic heterocycles. The molecule has 2 saturated heterocycles. The van der Waals surface area contributed by atoms with Gasteiger partial charge < -0.3 is 4.74 Å². The van der Waals surface area contributed by atoms with Crippen molar-refractivity contribution < 1.29 is 19.1 Å². The van der Waals surface area contributed by atoms with Crippen molar-refractivity contribution in [2.75, 3.05) is 33.3 Å². The van der Waals surface area contributed by atoms with E-state index in [1.54, 1.807) is 0 Å². The summed E-state index contributed by atoms with van der Waals surface area (Å²) in [7, 11) is 1.40. The van der Waals surface area contributed by atoms with Gasteiger partial charge in [0, 0.05) is 13.0 Å². The van der Waals surface area contributed by atoms with Gasteiger partial charge >= 0.3 is 5.97 Å². The van der Waals surface area contributed by atoms with Gasteiger partial charge in [-0.05, 0) is 32.4 Å². The van der Waals surface area contributed by atoms with Crippen molar-refractivity contribution >= 4 is 17.8 Å². The number of methoxy groups -OCH3 is 1. The first-order valence-electron chi connectivity index (χ1n) is 6.75. The number of carbonyl (C=O) groups is 3. The van der Waals surface area contributed by atoms with Crippen LogP contribution in [-0.2, 0) is 19.1 Å². The highest BCUT2D eigenvalue weighted by atomic mass is 16.5. The van der Waals surface area contributed by atoms with E-state index in [-0.39, 0.29) is 30.2 Å². The van der Waals surface area contributed by atoms with Crippen LogP contribution < -0.4 is 0 Å². The quantitative estimate of drug-likeness (QED) is 0.675. The van der Waals surface area contributed by atoms with E-state index in [1.165, 1.54) is 12.0 Å². The molecular weight excluding hydrogens is 248 g/mol. The van der Waals surface area contributed by atoms with Crippen molar-refractivity contribution in [3.8, 4) is 0 Å². The summed E-state index contributed by atoms with van der Waals surface area (Å²) in [6.45, 7) is 2.23. The topological polar surface area (TPSA) is 66.9 Å². The zero-order valence-corrected chi connectivity index (χ0v) is 11.3. The first-order chi connectivity index (χ1) is 9.11. The molecular formula is C13H20N2O4. The van der Waals surface area contributed by atoms with E-state index in [1.807, 2.05) is 4.90 Å². The summed E-state index contributed by atoms with van der Waals surface area (Å²) >= 11 is 0. The van der Waals surface area contributed by atoms with Gasteiger partial charge in [0.05, 0.1) is 19.6 Å². The molecule has 106 valence electrons. The third-order valence-corrected chi connectivity index (χ3v) is 3.86. The van der Waals surface area contributed by atoms with Gasteiger partial charge in [0.25, 0.3) is 0 Å². The van der Waals surface area contributed by atoms with E-state index >= 15 is 0 Å². The number of hydrogen-bond donors (Lipinski definition) is 0. The highest BCUT2D eigenvalue weighted by Crippen LogP contribution is 2.19. The molecule has 0 radical (unpaired) electrons. The number of imide groups is 1. The van der Waals surface area contributed by atoms with Crippen LogP contribution in [0.2, 0.25) is 0 Å². The lowest BCUT2D eigenvalue weighted by Crippen LogP contribution is -2.44. The number of esters is 1. The largest absolute Gasteiger partial charge is 0.469 e. The number of ether oxygens (including phenoxy) is 1. The maximum absolute atomic E-state index is 12.0. The molecule has 0 aromatic rings. The summed E-state index contributed by atoms with van der Waals surface area (Å²) in [5.74, 6) is -0.390. The monoisotopic (exact) mass is 268 g/mol. The van der Waals surface area contributed by atoms with Gasteiger partial charge in [-0.3, -0.25) is 24.2 Å². The Hall–Kier alpha value is -1.43. The smallest absolute Gasteiger partial charge is 0.308 e. The molecule has 0 aromatic heterocycles. The first-order valence-corrected chi connectivity index (χ1v) is 6.75. The molecule has 0 atom stereocenters. The second-order valence-electron chi connectivity index (χ2n) is 5.12. The highest BCUT2D eigenvalue weighted by Gasteiger charge is 2.30. The Labute approximate surface area is 112 Å². The molecule has 0 spiro atoms. The lowest BCUT2D eigenvalue weighted by molar-refractivity contribution is -0.147. The normalized spacial score (nSPS) is 21.7. The van der Waals surface area contributed by atoms with Crippen molar-refractivity contribution in [2.24, 2.45) is 5.92 Å². The summed E-state index contributed by atoms with van der Waals surface area (Å²) in [4.78, 5) is 38.2. The van der Waals surface area contributed by atoms with Crippen LogP contribution >= 0.6 is 0 Å². The maximum atomic E-state index is 12.0. The molecule has 6 heteroatoms. The minimum Gasteiger partial charge on any atom is -0.469 e. The molecule has 19 heavy (non-hydrogen) atoms. The molecule has 0 bridgehead atoms. The van der Waals surface area contributed by atoms with Crippen LogP contribution in [0.3, 0.4) is 0 Å². The van der Waals surface area contributed by atoms with E-state index in [0.29, 0.717) is 38.9 Å². The molecule has 2 rings (SSSR count). The molecule has 2 aliphatic rings. The molecule has 0 aliphatic carbocycles. The second kappa shape index (κ2) is 6.14. The summed E-state index contributed by atoms with van der Waals surface area (Å²) in [5.41, 5.74) is 0. The fourth-order valence-electron chi connectivity index (χ4n) is 2.68. The van der Waals surface area contributed by atoms with Crippen LogP contribution in [0.1, 0.15) is 25.7 Å². The zero-order valence-electron chi connectivity index (χ0n) is 11.3. The van der Waals surface area contributed by atoms with E-state index in [4.69, 9.17) is 4.74 Å². The third-order valence-electron chi connectivity index (χ3n) is 3.86. The Balaban J connectivity index is 1.78. The molecule has 0 aromatic carbocycles. The van der Waals surface area contributed by atoms with Crippen molar-refractivity contribution in [3.63, 3.8) is 0 Å². The summed E-state index contributed by atoms with van der Waals surface area (Å²) in [6.07, 6.45) is 2.69. The Morgan fingerprint density at radius 2 is 1.95 bits per heavy atom. The summed E-state index contributed by atoms with van der Waals surface area (Å²) in [6, 6.07) is 0. The number of amides is 2. The number of hydrogen-bond acceptors (Lipinski definition) is 5. The van der Waals surface area contributed by atoms with Crippen molar-refractivity contribution in [1.82, 2.24) is 9.80 Å². The predicted octanol–water partition coefficient (Wildman–Crippen LogP) is 0.0204. The molecule has 2 fully saturated rings. The molecule has 6 nitrogen and oxygen atoms in total. The maximum Gasteiger partial charge on any atom is 0.308 e. The summed E-state index contributed by atoms with van der Waals surface area (Å²) in [5, 5.41) is 0. The molecule has 0 unspecified atom stereocenters. The molecule has 2 amide bonds. The Bertz CT molecular complexity index is 375. The average molecular weight is 268 g/mol. The van der Waals surface area contributed by atoms with Gasteiger partial charge in [0.1, 0.15) is 0 Å². The lowest BCUT2D eigenvalue weighted by Gasteiger charge is -2.30. The number of likely N-dealkylation sites (tertiary alicyclic amines) is 2. The van der Waals surface area contributed by atoms with Crippen LogP contribution in [0, 0.1) is 5.92 Å². The molecule has 2 heterocycles. The Morgan fingerprint density at radius 1 is 1.26 bits per heavy atom. The number of rotatable bonds is 3. The van der Waals surface area contributed by atoms with Crippen LogP contribution in [-0.4, -0.2) is 60.9 Å². The SMILES string of the molecule is COC(=O)C1CCN(CC(=O)N2CCCC2=O)CC1. The van der Waals surface area contributed by atoms with E-state index < -0.39 is 0 Å². The van der Waals surface area contributed by atoms with Gasteiger partial charge in [-0.2, -0.15) is 0 Å². The van der Waals surface area contributed by atoms with Gasteiger partial charge in [0.15, 0.2) is 0 Å². The van der Waals surface area contributed by atoms with E-state index in [0.717, 1.165) is 6.42 Å². The standard InChI is InChI=1S/C13H20N2O4/c1-19-13(18)10-4-7-14(8-5-10)9-12(17)15-6-2-3-11(15)16/h10H,2-9H2,1H3. The van der Waals surface area contributed by atoms with Gasteiger partial charge in [-0.1, -0.05) is 0 Å². The Morgan fingerprint density at radius 3 is 2.47 bits per heavy atom. The Kier molecular flexibility index (Phi) is 4.52. The number of nitrogens with zero attached hydrogens (tertiary/aromatic N) is 2. The van der Waals surface area contributed by atoms with Crippen LogP contribution in [0.15, 0.2) is 0 Å². The first kappa shape index (κ1) is 14.0. The van der Waals surface area contributed by atoms with Crippen LogP contribution in [0.4, 0.5) is 0 Å². The van der Waals surface area contributed by atoms with Crippen LogP contribution in [0.25, 0.3) is 0 Å². The lowest BCUT2D eigenvalue weighted by atomic mass is 9.97. The van der Waals surface area contributed by atoms with E-state index in [9.17, 15) is 14.4 Å². The highest BCUT2D eigenvalue weighted by molar-refractivity contribution is 5.97. The molecule has 0 N–H and O–H groups in total. The predicted molar refractivity (Wildman–Crippen MR) is 67.1 cm³/mol. The fourth-order valence-corrected chi connectivity index (χ4v) is 2.68. The average Bonchev–Trinajstić information content (AvgIpc) is 2.85. The number of piperidine rings is 1. The van der Waals surface area contributed by atoms with E-state index in [2.05, 4.69) is 0 Å². The van der Waals surface area contributed by atoms with Crippen molar-refractivity contribution in [3.05, 3.63) is 0 Å². The minimum atomic E-state index is -0.166. The molecule has 0 saturated carbocycles. The second-order valence-corrected chi connectivity index (χ2v) is 5.12. The van der Waals surface area contributed by atoms with Gasteiger partial charge in [-0.25, -0.2) is 0 Å². The third kappa shape index (κ3) is 3.32. The van der Waals surface area contributed by atoms with Gasteiger partial charge in [-0.15, -0.1) is 0 Å². The van der Waals surface area contributed by atoms with Crippen LogP contribution in [0.5, 0.6) is 0 Å². The zero-order chi connectivity index (χ0) is 13.8. The fraction of sp³-hybridized carbons (Fsp3) is 0.769.